The largest absolute Gasteiger partial charge is 0.475 e. The molecule has 0 radical (unpaired) electrons. The lowest BCUT2D eigenvalue weighted by Crippen LogP contribution is -2.49. The summed E-state index contributed by atoms with van der Waals surface area (Å²) in [5.41, 5.74) is 0.649. The number of alkyl halides is 3. The predicted octanol–water partition coefficient (Wildman–Crippen LogP) is 4.58. The van der Waals surface area contributed by atoms with Crippen molar-refractivity contribution in [1.29, 1.82) is 0 Å². The van der Waals surface area contributed by atoms with Gasteiger partial charge in [0.15, 0.2) is 5.82 Å². The third-order valence-corrected chi connectivity index (χ3v) is 5.73. The van der Waals surface area contributed by atoms with Crippen LogP contribution in [0.4, 0.5) is 13.2 Å². The monoisotopic (exact) mass is 471 g/mol. The van der Waals surface area contributed by atoms with Crippen LogP contribution in [-0.2, 0) is 6.18 Å². The van der Waals surface area contributed by atoms with Gasteiger partial charge in [0.1, 0.15) is 12.3 Å². The number of hydrogen-bond acceptors (Lipinski definition) is 6. The molecule has 1 amide bonds. The van der Waals surface area contributed by atoms with E-state index in [2.05, 4.69) is 26.9 Å². The number of aryl methyl sites for hydroxylation is 1. The summed E-state index contributed by atoms with van der Waals surface area (Å²) in [5.74, 6) is 0.508. The Hall–Kier alpha value is -3.56. The van der Waals surface area contributed by atoms with Gasteiger partial charge in [-0.2, -0.15) is 13.2 Å². The van der Waals surface area contributed by atoms with Crippen molar-refractivity contribution in [1.82, 2.24) is 24.8 Å². The molecule has 1 aliphatic heterocycles. The summed E-state index contributed by atoms with van der Waals surface area (Å²) in [6, 6.07) is 7.12. The summed E-state index contributed by atoms with van der Waals surface area (Å²) < 4.78 is 44.0. The molecule has 0 aliphatic carbocycles. The molecule has 3 aromatic heterocycles. The second-order valence-electron chi connectivity index (χ2n) is 8.41. The van der Waals surface area contributed by atoms with Crippen LogP contribution in [0.1, 0.15) is 41.5 Å². The number of aromatic nitrogens is 4. The van der Waals surface area contributed by atoms with Crippen molar-refractivity contribution in [2.75, 3.05) is 13.2 Å². The Labute approximate surface area is 195 Å². The molecule has 0 N–H and O–H groups in total. The van der Waals surface area contributed by atoms with E-state index >= 15 is 0 Å². The zero-order chi connectivity index (χ0) is 24.3. The fourth-order valence-electron chi connectivity index (χ4n) is 3.92. The topological polar surface area (TPSA) is 81.1 Å². The first kappa shape index (κ1) is 23.6. The van der Waals surface area contributed by atoms with Crippen LogP contribution in [0.5, 0.6) is 5.88 Å². The van der Waals surface area contributed by atoms with Gasteiger partial charge in [-0.15, -0.1) is 0 Å². The molecule has 10 heteroatoms. The summed E-state index contributed by atoms with van der Waals surface area (Å²) in [6.07, 6.45) is 1.07. The van der Waals surface area contributed by atoms with E-state index in [1.807, 2.05) is 6.92 Å². The first-order chi connectivity index (χ1) is 16.2. The summed E-state index contributed by atoms with van der Waals surface area (Å²) in [6.45, 7) is 4.50. The molecule has 0 aromatic carbocycles. The van der Waals surface area contributed by atoms with E-state index in [0.29, 0.717) is 30.0 Å². The lowest BCUT2D eigenvalue weighted by atomic mass is 9.93. The quantitative estimate of drug-likeness (QED) is 0.542. The number of carbonyl (C=O) groups excluding carboxylic acids is 1. The van der Waals surface area contributed by atoms with Crippen LogP contribution in [0.3, 0.4) is 0 Å². The minimum absolute atomic E-state index is 0.0751. The Balaban J connectivity index is 1.56. The van der Waals surface area contributed by atoms with E-state index in [1.54, 1.807) is 35.5 Å². The number of hydrogen-bond donors (Lipinski definition) is 0. The van der Waals surface area contributed by atoms with E-state index < -0.39 is 11.7 Å². The first-order valence-electron chi connectivity index (χ1n) is 10.9. The third-order valence-electron chi connectivity index (χ3n) is 5.73. The average Bonchev–Trinajstić information content (AvgIpc) is 2.83. The molecule has 178 valence electrons. The van der Waals surface area contributed by atoms with Gasteiger partial charge >= 0.3 is 6.18 Å². The molecule has 0 spiro atoms. The molecule has 7 nitrogen and oxygen atoms in total. The molecule has 0 saturated carbocycles. The third kappa shape index (κ3) is 5.32. The summed E-state index contributed by atoms with van der Waals surface area (Å²) in [5, 5.41) is 0. The van der Waals surface area contributed by atoms with E-state index in [-0.39, 0.29) is 36.0 Å². The van der Waals surface area contributed by atoms with Crippen molar-refractivity contribution in [3.63, 3.8) is 0 Å². The zero-order valence-electron chi connectivity index (χ0n) is 18.8. The van der Waals surface area contributed by atoms with Crippen LogP contribution in [0.2, 0.25) is 0 Å². The maximum atomic E-state index is 13.7. The Morgan fingerprint density at radius 1 is 1.12 bits per heavy atom. The first-order valence-corrected chi connectivity index (χ1v) is 10.9. The van der Waals surface area contributed by atoms with Crippen molar-refractivity contribution in [3.8, 4) is 17.3 Å². The number of piperidine rings is 1. The second kappa shape index (κ2) is 9.74. The standard InChI is InChI=1S/C24H24F3N5O2/c1-15-4-7-18(14-34-20-9-6-17(12-30-20)24(25,26)27)32(13-15)23(33)21-19(8-5-16(2)31-21)22-28-10-3-11-29-22/h3,5-6,8-12,15,18H,4,7,13-14H2,1-2H3/t15-,18-/m0/s1. The Morgan fingerprint density at radius 3 is 2.56 bits per heavy atom. The van der Waals surface area contributed by atoms with Gasteiger partial charge in [-0.25, -0.2) is 19.9 Å². The molecule has 4 heterocycles. The van der Waals surface area contributed by atoms with E-state index in [9.17, 15) is 18.0 Å². The molecule has 1 saturated heterocycles. The molecular formula is C24H24F3N5O2. The van der Waals surface area contributed by atoms with Gasteiger partial charge in [-0.05, 0) is 49.9 Å². The van der Waals surface area contributed by atoms with Gasteiger partial charge in [-0.3, -0.25) is 4.79 Å². The SMILES string of the molecule is Cc1ccc(-c2ncccn2)c(C(=O)N2C[C@@H](C)CC[C@H]2COc2ccc(C(F)(F)F)cn2)n1. The Kier molecular flexibility index (Phi) is 6.76. The van der Waals surface area contributed by atoms with Gasteiger partial charge < -0.3 is 9.64 Å². The minimum Gasteiger partial charge on any atom is -0.475 e. The summed E-state index contributed by atoms with van der Waals surface area (Å²) in [4.78, 5) is 32.2. The molecule has 1 fully saturated rings. The predicted molar refractivity (Wildman–Crippen MR) is 118 cm³/mol. The fourth-order valence-corrected chi connectivity index (χ4v) is 3.92. The average molecular weight is 471 g/mol. The summed E-state index contributed by atoms with van der Waals surface area (Å²) >= 11 is 0. The van der Waals surface area contributed by atoms with Gasteiger partial charge in [0.25, 0.3) is 5.91 Å². The molecule has 0 unspecified atom stereocenters. The van der Waals surface area contributed by atoms with Gasteiger partial charge in [0.05, 0.1) is 17.2 Å². The van der Waals surface area contributed by atoms with Crippen LogP contribution in [0.25, 0.3) is 11.4 Å². The molecule has 2 atom stereocenters. The van der Waals surface area contributed by atoms with Crippen LogP contribution in [0, 0.1) is 12.8 Å². The molecule has 0 bridgehead atoms. The number of halogens is 3. The van der Waals surface area contributed by atoms with E-state index in [4.69, 9.17) is 4.74 Å². The lowest BCUT2D eigenvalue weighted by Gasteiger charge is -2.38. The second-order valence-corrected chi connectivity index (χ2v) is 8.41. The number of ether oxygens (including phenoxy) is 1. The number of carbonyl (C=O) groups is 1. The Morgan fingerprint density at radius 2 is 1.88 bits per heavy atom. The van der Waals surface area contributed by atoms with Crippen molar-refractivity contribution in [2.45, 2.75) is 38.9 Å². The maximum Gasteiger partial charge on any atom is 0.417 e. The van der Waals surface area contributed by atoms with Crippen LogP contribution in [-0.4, -0.2) is 49.9 Å². The van der Waals surface area contributed by atoms with Crippen molar-refractivity contribution >= 4 is 5.91 Å². The normalized spacial score (nSPS) is 18.6. The number of likely N-dealkylation sites (tertiary alicyclic amines) is 1. The van der Waals surface area contributed by atoms with Crippen LogP contribution < -0.4 is 4.74 Å². The van der Waals surface area contributed by atoms with Crippen LogP contribution in [0.15, 0.2) is 48.9 Å². The number of pyridine rings is 2. The minimum atomic E-state index is -4.46. The van der Waals surface area contributed by atoms with Gasteiger partial charge in [-0.1, -0.05) is 6.92 Å². The fraction of sp³-hybridized carbons (Fsp3) is 0.375. The van der Waals surface area contributed by atoms with Crippen LogP contribution >= 0.6 is 0 Å². The van der Waals surface area contributed by atoms with Gasteiger partial charge in [0, 0.05) is 36.9 Å². The van der Waals surface area contributed by atoms with E-state index in [0.717, 1.165) is 18.7 Å². The maximum absolute atomic E-state index is 13.7. The van der Waals surface area contributed by atoms with Crippen molar-refractivity contribution in [2.24, 2.45) is 5.92 Å². The smallest absolute Gasteiger partial charge is 0.417 e. The summed E-state index contributed by atoms with van der Waals surface area (Å²) in [7, 11) is 0. The number of rotatable bonds is 5. The van der Waals surface area contributed by atoms with Crippen molar-refractivity contribution in [3.05, 3.63) is 65.9 Å². The number of nitrogens with zero attached hydrogens (tertiary/aromatic N) is 5. The highest BCUT2D eigenvalue weighted by Crippen LogP contribution is 2.30. The van der Waals surface area contributed by atoms with Crippen molar-refractivity contribution < 1.29 is 22.7 Å². The molecule has 4 rings (SSSR count). The molecule has 1 aliphatic rings. The molecular weight excluding hydrogens is 447 g/mol. The molecule has 34 heavy (non-hydrogen) atoms. The Bertz CT molecular complexity index is 1140. The molecule has 3 aromatic rings. The highest BCUT2D eigenvalue weighted by molar-refractivity contribution is 5.98. The number of amides is 1. The zero-order valence-corrected chi connectivity index (χ0v) is 18.8. The lowest BCUT2D eigenvalue weighted by molar-refractivity contribution is -0.137. The van der Waals surface area contributed by atoms with Gasteiger partial charge in [0.2, 0.25) is 5.88 Å². The van der Waals surface area contributed by atoms with E-state index in [1.165, 1.54) is 6.07 Å². The highest BCUT2D eigenvalue weighted by atomic mass is 19.4. The highest BCUT2D eigenvalue weighted by Gasteiger charge is 2.34.